The van der Waals surface area contributed by atoms with Crippen molar-refractivity contribution in [2.45, 2.75) is 26.2 Å². The SMILES string of the molecule is CO[Si](C)(CS(=O)(=O)O)O[Si](C)(C)O[Si](C)(CS(=O)(=O)O)OC. The molecule has 0 heterocycles. The quantitative estimate of drug-likeness (QED) is 0.360. The lowest BCUT2D eigenvalue weighted by molar-refractivity contribution is 0.245. The molecule has 23 heavy (non-hydrogen) atoms. The summed E-state index contributed by atoms with van der Waals surface area (Å²) in [4.78, 5) is 0. The lowest BCUT2D eigenvalue weighted by atomic mass is 11.8. The molecule has 0 radical (unpaired) electrons. The van der Waals surface area contributed by atoms with Gasteiger partial charge in [0.2, 0.25) is 0 Å². The third kappa shape index (κ3) is 10.0. The molecule has 0 aliphatic rings. The van der Waals surface area contributed by atoms with E-state index in [4.69, 9.17) is 26.2 Å². The molecular formula is C8H24O10S2Si3. The van der Waals surface area contributed by atoms with E-state index in [0.29, 0.717) is 0 Å². The maximum atomic E-state index is 11.1. The first kappa shape index (κ1) is 23.3. The van der Waals surface area contributed by atoms with E-state index in [0.717, 1.165) is 0 Å². The predicted octanol–water partition coefficient (Wildman–Crippen LogP) is 0.0122. The van der Waals surface area contributed by atoms with Crippen molar-refractivity contribution < 1.29 is 43.0 Å². The lowest BCUT2D eigenvalue weighted by Gasteiger charge is -2.38. The van der Waals surface area contributed by atoms with Gasteiger partial charge in [-0.15, -0.1) is 0 Å². The van der Waals surface area contributed by atoms with E-state index in [1.54, 1.807) is 13.1 Å². The molecule has 0 bridgehead atoms. The van der Waals surface area contributed by atoms with Crippen LogP contribution in [0.15, 0.2) is 0 Å². The Bertz CT molecular complexity index is 554. The lowest BCUT2D eigenvalue weighted by Crippen LogP contribution is -2.59. The van der Waals surface area contributed by atoms with Gasteiger partial charge >= 0.3 is 25.7 Å². The van der Waals surface area contributed by atoms with Crippen LogP contribution in [0.1, 0.15) is 0 Å². The first-order valence-corrected chi connectivity index (χ1v) is 17.4. The second-order valence-electron chi connectivity index (χ2n) is 5.73. The summed E-state index contributed by atoms with van der Waals surface area (Å²) >= 11 is 0. The van der Waals surface area contributed by atoms with Crippen LogP contribution in [0.25, 0.3) is 0 Å². The molecule has 0 spiro atoms. The Morgan fingerprint density at radius 1 is 0.739 bits per heavy atom. The van der Waals surface area contributed by atoms with Crippen LogP contribution in [-0.4, -0.2) is 76.6 Å². The number of hydrogen-bond donors (Lipinski definition) is 2. The Kier molecular flexibility index (Phi) is 7.79. The van der Waals surface area contributed by atoms with Gasteiger partial charge in [0.25, 0.3) is 20.2 Å². The van der Waals surface area contributed by atoms with Crippen LogP contribution in [0.5, 0.6) is 0 Å². The van der Waals surface area contributed by atoms with E-state index >= 15 is 0 Å². The zero-order chi connectivity index (χ0) is 18.7. The van der Waals surface area contributed by atoms with E-state index in [2.05, 4.69) is 0 Å². The number of hydrogen-bond acceptors (Lipinski definition) is 8. The molecule has 0 saturated carbocycles. The Morgan fingerprint density at radius 3 is 1.17 bits per heavy atom. The van der Waals surface area contributed by atoms with Gasteiger partial charge in [0.05, 0.1) is 0 Å². The summed E-state index contributed by atoms with van der Waals surface area (Å²) < 4.78 is 84.1. The van der Waals surface area contributed by atoms with Gasteiger partial charge in [-0.2, -0.15) is 16.8 Å². The van der Waals surface area contributed by atoms with Gasteiger partial charge in [-0.1, -0.05) is 0 Å². The Hall–Kier alpha value is 0.311. The fraction of sp³-hybridized carbons (Fsp3) is 1.00. The van der Waals surface area contributed by atoms with Crippen LogP contribution < -0.4 is 0 Å². The monoisotopic (exact) mass is 428 g/mol. The van der Waals surface area contributed by atoms with Gasteiger partial charge in [0, 0.05) is 14.2 Å². The van der Waals surface area contributed by atoms with Crippen molar-refractivity contribution >= 4 is 45.9 Å². The topological polar surface area (TPSA) is 146 Å². The smallest absolute Gasteiger partial charge is 0.343 e. The zero-order valence-electron chi connectivity index (χ0n) is 13.9. The van der Waals surface area contributed by atoms with Crippen molar-refractivity contribution in [3.8, 4) is 0 Å². The highest BCUT2D eigenvalue weighted by atomic mass is 32.2. The van der Waals surface area contributed by atoms with Crippen LogP contribution in [-0.2, 0) is 37.3 Å². The molecular weight excluding hydrogens is 404 g/mol. The van der Waals surface area contributed by atoms with Crippen molar-refractivity contribution in [3.63, 3.8) is 0 Å². The van der Waals surface area contributed by atoms with Crippen molar-refractivity contribution in [3.05, 3.63) is 0 Å². The summed E-state index contributed by atoms with van der Waals surface area (Å²) in [6, 6.07) is 0. The molecule has 0 aromatic carbocycles. The highest BCUT2D eigenvalue weighted by Gasteiger charge is 2.48. The molecule has 0 aliphatic carbocycles. The van der Waals surface area contributed by atoms with E-state index in [9.17, 15) is 16.8 Å². The summed E-state index contributed by atoms with van der Waals surface area (Å²) in [6.45, 7) is 6.01. The largest absolute Gasteiger partial charge is 0.415 e. The first-order chi connectivity index (χ1) is 9.95. The van der Waals surface area contributed by atoms with Gasteiger partial charge in [-0.25, -0.2) is 0 Å². The summed E-state index contributed by atoms with van der Waals surface area (Å²) in [6.07, 6.45) is 0. The average molecular weight is 429 g/mol. The van der Waals surface area contributed by atoms with Crippen LogP contribution in [0.3, 0.4) is 0 Å². The van der Waals surface area contributed by atoms with Crippen LogP contribution in [0.4, 0.5) is 0 Å². The molecule has 0 aliphatic heterocycles. The van der Waals surface area contributed by atoms with Crippen LogP contribution in [0.2, 0.25) is 26.2 Å². The summed E-state index contributed by atoms with van der Waals surface area (Å²) in [7, 11) is -15.8. The minimum atomic E-state index is -4.32. The van der Waals surface area contributed by atoms with Crippen molar-refractivity contribution in [2.24, 2.45) is 0 Å². The second kappa shape index (κ2) is 7.68. The molecule has 0 aromatic heterocycles. The zero-order valence-corrected chi connectivity index (χ0v) is 18.5. The van der Waals surface area contributed by atoms with E-state index in [1.165, 1.54) is 27.3 Å². The van der Waals surface area contributed by atoms with Gasteiger partial charge < -0.3 is 17.1 Å². The Balaban J connectivity index is 5.31. The molecule has 140 valence electrons. The molecule has 0 aromatic rings. The molecule has 0 amide bonds. The molecule has 2 atom stereocenters. The molecule has 15 heteroatoms. The molecule has 0 saturated heterocycles. The third-order valence-corrected chi connectivity index (χ3v) is 18.9. The van der Waals surface area contributed by atoms with Gasteiger partial charge in [0.15, 0.2) is 0 Å². The normalized spacial score (nSPS) is 19.1. The van der Waals surface area contributed by atoms with E-state index < -0.39 is 56.7 Å². The van der Waals surface area contributed by atoms with Gasteiger partial charge in [0.1, 0.15) is 10.8 Å². The second-order valence-corrected chi connectivity index (χ2v) is 20.2. The number of rotatable bonds is 10. The van der Waals surface area contributed by atoms with Crippen molar-refractivity contribution in [1.82, 2.24) is 0 Å². The highest BCUT2D eigenvalue weighted by molar-refractivity contribution is 7.87. The summed E-state index contributed by atoms with van der Waals surface area (Å²) in [5, 5.41) is -1.39. The molecule has 2 N–H and O–H groups in total. The first-order valence-electron chi connectivity index (χ1n) is 6.36. The maximum absolute atomic E-state index is 11.1. The van der Waals surface area contributed by atoms with E-state index in [1.807, 2.05) is 0 Å². The van der Waals surface area contributed by atoms with Crippen LogP contribution in [0, 0.1) is 0 Å². The fourth-order valence-corrected chi connectivity index (χ4v) is 19.3. The molecule has 10 nitrogen and oxygen atoms in total. The summed E-state index contributed by atoms with van der Waals surface area (Å²) in [5.74, 6) is 0. The molecule has 0 rings (SSSR count). The van der Waals surface area contributed by atoms with Gasteiger partial charge in [-0.3, -0.25) is 9.11 Å². The third-order valence-electron chi connectivity index (χ3n) is 2.68. The predicted molar refractivity (Wildman–Crippen MR) is 89.7 cm³/mol. The molecule has 0 fully saturated rings. The van der Waals surface area contributed by atoms with Crippen molar-refractivity contribution in [2.75, 3.05) is 25.0 Å². The van der Waals surface area contributed by atoms with Gasteiger partial charge in [-0.05, 0) is 26.2 Å². The van der Waals surface area contributed by atoms with Crippen molar-refractivity contribution in [1.29, 1.82) is 0 Å². The highest BCUT2D eigenvalue weighted by Crippen LogP contribution is 2.23. The van der Waals surface area contributed by atoms with Crippen LogP contribution >= 0.6 is 0 Å². The maximum Gasteiger partial charge on any atom is 0.343 e. The van der Waals surface area contributed by atoms with E-state index in [-0.39, 0.29) is 0 Å². The fourth-order valence-electron chi connectivity index (χ4n) is 1.98. The minimum Gasteiger partial charge on any atom is -0.415 e. The standard InChI is InChI=1S/C8H24O10S2Si3/c1-15-22(5,7-19(9,10)11)17-21(3,4)18-23(6,16-2)8-20(12,13)14/h7-8H2,1-6H3,(H,9,10,11)(H,12,13,14). The Morgan fingerprint density at radius 2 is 1.00 bits per heavy atom. The minimum absolute atomic E-state index is 0.695. The molecule has 2 unspecified atom stereocenters. The average Bonchev–Trinajstić information content (AvgIpc) is 2.21. The Labute approximate surface area is 140 Å². The summed E-state index contributed by atoms with van der Waals surface area (Å²) in [5.41, 5.74) is 0.